The number of carboxylic acids is 1. The zero-order valence-electron chi connectivity index (χ0n) is 22.2. The van der Waals surface area contributed by atoms with Crippen molar-refractivity contribution in [2.75, 3.05) is 18.4 Å². The van der Waals surface area contributed by atoms with E-state index in [1.54, 1.807) is 36.4 Å². The van der Waals surface area contributed by atoms with Gasteiger partial charge in [-0.2, -0.15) is 10.2 Å². The molecule has 41 heavy (non-hydrogen) atoms. The first-order valence-electron chi connectivity index (χ1n) is 13.4. The molecule has 1 amide bonds. The zero-order valence-corrected chi connectivity index (χ0v) is 23.0. The van der Waals surface area contributed by atoms with Gasteiger partial charge in [0.15, 0.2) is 0 Å². The highest BCUT2D eigenvalue weighted by molar-refractivity contribution is 7.89. The van der Waals surface area contributed by atoms with Crippen LogP contribution in [0.15, 0.2) is 71.6 Å². The van der Waals surface area contributed by atoms with Gasteiger partial charge < -0.3 is 20.7 Å². The van der Waals surface area contributed by atoms with Crippen molar-refractivity contribution in [3.05, 3.63) is 66.7 Å². The van der Waals surface area contributed by atoms with Crippen LogP contribution >= 0.6 is 0 Å². The maximum Gasteiger partial charge on any atom is 0.323 e. The highest BCUT2D eigenvalue weighted by Gasteiger charge is 2.32. The van der Waals surface area contributed by atoms with Crippen molar-refractivity contribution in [3.63, 3.8) is 0 Å². The van der Waals surface area contributed by atoms with Crippen LogP contribution in [0.3, 0.4) is 0 Å². The van der Waals surface area contributed by atoms with Crippen LogP contribution in [0, 0.1) is 0 Å². The van der Waals surface area contributed by atoms with Gasteiger partial charge in [-0.3, -0.25) is 14.4 Å². The molecule has 3 unspecified atom stereocenters. The summed E-state index contributed by atoms with van der Waals surface area (Å²) in [5.41, 5.74) is 4.58. The van der Waals surface area contributed by atoms with Crippen LogP contribution < -0.4 is 20.8 Å². The second kappa shape index (κ2) is 12.6. The molecule has 12 nitrogen and oxygen atoms in total. The number of para-hydroxylation sites is 2. The van der Waals surface area contributed by atoms with E-state index in [2.05, 4.69) is 30.8 Å². The molecular weight excluding hydrogens is 548 g/mol. The Morgan fingerprint density at radius 2 is 1.83 bits per heavy atom. The van der Waals surface area contributed by atoms with Crippen LogP contribution in [0.1, 0.15) is 25.7 Å². The topological polar surface area (TPSA) is 175 Å². The molecule has 0 spiro atoms. The number of unbranched alkanes of at least 4 members (excludes halogenated alkanes) is 1. The fourth-order valence-electron chi connectivity index (χ4n) is 4.80. The number of fused-ring (bicyclic) bond motifs is 2. The summed E-state index contributed by atoms with van der Waals surface area (Å²) in [7, 11) is -4.18. The largest absolute Gasteiger partial charge is 0.480 e. The fraction of sp³-hybridized carbons (Fsp3) is 0.321. The number of rotatable bonds is 13. The molecule has 5 rings (SSSR count). The lowest BCUT2D eigenvalue weighted by Crippen LogP contribution is -2.51. The van der Waals surface area contributed by atoms with E-state index in [-0.39, 0.29) is 11.0 Å². The van der Waals surface area contributed by atoms with Crippen molar-refractivity contribution in [1.82, 2.24) is 25.5 Å². The number of aliphatic carboxylic acids is 1. The van der Waals surface area contributed by atoms with E-state index in [0.717, 1.165) is 42.8 Å². The molecule has 3 atom stereocenters. The number of aromatic nitrogens is 2. The zero-order chi connectivity index (χ0) is 28.8. The van der Waals surface area contributed by atoms with E-state index in [4.69, 9.17) is 4.84 Å². The lowest BCUT2D eigenvalue weighted by molar-refractivity contribution is -0.139. The second-order valence-corrected chi connectivity index (χ2v) is 11.6. The molecule has 0 radical (unpaired) electrons. The number of hydrogen-bond acceptors (Lipinski definition) is 8. The van der Waals surface area contributed by atoms with Gasteiger partial charge in [0.05, 0.1) is 22.0 Å². The molecule has 0 aliphatic carbocycles. The van der Waals surface area contributed by atoms with Gasteiger partial charge in [0, 0.05) is 24.9 Å². The molecule has 1 aliphatic heterocycles. The predicted molar refractivity (Wildman–Crippen MR) is 154 cm³/mol. The number of nitrogens with one attached hydrogen (secondary N) is 5. The van der Waals surface area contributed by atoms with Gasteiger partial charge in [-0.1, -0.05) is 48.5 Å². The summed E-state index contributed by atoms with van der Waals surface area (Å²) in [6.45, 7) is 0.309. The van der Waals surface area contributed by atoms with Crippen molar-refractivity contribution in [1.29, 1.82) is 0 Å². The van der Waals surface area contributed by atoms with Crippen molar-refractivity contribution in [3.8, 4) is 0 Å². The quantitative estimate of drug-likeness (QED) is 0.130. The highest BCUT2D eigenvalue weighted by Crippen LogP contribution is 2.23. The number of carboxylic acid groups (broad SMARTS) is 1. The molecular formula is C28H32N6O6S. The van der Waals surface area contributed by atoms with E-state index < -0.39 is 40.5 Å². The molecule has 4 aromatic rings. The maximum absolute atomic E-state index is 13.0. The van der Waals surface area contributed by atoms with Gasteiger partial charge in [0.1, 0.15) is 12.1 Å². The fourth-order valence-corrected chi connectivity index (χ4v) is 6.22. The number of anilines is 1. The van der Waals surface area contributed by atoms with Gasteiger partial charge in [-0.25, -0.2) is 13.4 Å². The normalized spacial score (nSPS) is 18.0. The summed E-state index contributed by atoms with van der Waals surface area (Å²) < 4.78 is 28.3. The second-order valence-electron chi connectivity index (χ2n) is 9.91. The molecule has 1 fully saturated rings. The minimum absolute atomic E-state index is 0.0327. The SMILES string of the molecule is O=C(O)C(CNC(=O)C1CC(CCCCNc2nc3ccccc3[nH]2)ON1)NS(=O)(=O)c1cccc2ccccc12. The van der Waals surface area contributed by atoms with E-state index >= 15 is 0 Å². The molecule has 0 saturated carbocycles. The monoisotopic (exact) mass is 580 g/mol. The molecule has 1 aliphatic rings. The molecule has 1 saturated heterocycles. The Balaban J connectivity index is 1.05. The smallest absolute Gasteiger partial charge is 0.323 e. The number of hydrogen-bond donors (Lipinski definition) is 6. The number of nitrogens with zero attached hydrogens (tertiary/aromatic N) is 1. The molecule has 13 heteroatoms. The third-order valence-corrected chi connectivity index (χ3v) is 8.47. The Hall–Kier alpha value is -4.04. The minimum Gasteiger partial charge on any atom is -0.480 e. The first kappa shape index (κ1) is 28.5. The summed E-state index contributed by atoms with van der Waals surface area (Å²) in [5.74, 6) is -1.14. The van der Waals surface area contributed by atoms with E-state index in [9.17, 15) is 23.1 Å². The molecule has 6 N–H and O–H groups in total. The van der Waals surface area contributed by atoms with Gasteiger partial charge in [-0.05, 0) is 42.8 Å². The highest BCUT2D eigenvalue weighted by atomic mass is 32.2. The number of hydroxylamine groups is 1. The number of benzene rings is 3. The summed E-state index contributed by atoms with van der Waals surface area (Å²) in [6.07, 6.45) is 2.73. The Labute approximate surface area is 236 Å². The number of amides is 1. The molecule has 1 aromatic heterocycles. The number of aromatic amines is 1. The van der Waals surface area contributed by atoms with Crippen molar-refractivity contribution >= 4 is 49.7 Å². The maximum atomic E-state index is 13.0. The third-order valence-electron chi connectivity index (χ3n) is 6.94. The molecule has 216 valence electrons. The Kier molecular flexibility index (Phi) is 8.78. The van der Waals surface area contributed by atoms with Gasteiger partial charge in [-0.15, -0.1) is 0 Å². The van der Waals surface area contributed by atoms with Crippen LogP contribution in [-0.4, -0.2) is 66.6 Å². The lowest BCUT2D eigenvalue weighted by Gasteiger charge is -2.17. The van der Waals surface area contributed by atoms with Crippen LogP contribution in [0.2, 0.25) is 0 Å². The first-order valence-corrected chi connectivity index (χ1v) is 14.9. The Bertz CT molecular complexity index is 1600. The van der Waals surface area contributed by atoms with E-state index in [1.165, 1.54) is 6.07 Å². The number of carbonyl (C=O) groups is 2. The standard InChI is InChI=1S/C28H32N6O6S/c35-26(23-16-19(40-33-23)10-5-6-15-29-28-31-21-12-3-4-13-22(21)32-28)30-17-24(27(36)37)34-41(38,39)25-14-7-9-18-8-1-2-11-20(18)25/h1-4,7-9,11-14,19,23-24,33-34H,5-6,10,15-17H2,(H,30,35)(H,36,37)(H2,29,31,32). The van der Waals surface area contributed by atoms with Gasteiger partial charge in [0.2, 0.25) is 21.9 Å². The average molecular weight is 581 g/mol. The van der Waals surface area contributed by atoms with Crippen molar-refractivity contribution in [2.24, 2.45) is 0 Å². The summed E-state index contributed by atoms with van der Waals surface area (Å²) in [5, 5.41) is 16.6. The Morgan fingerprint density at radius 3 is 2.66 bits per heavy atom. The number of sulfonamides is 1. The van der Waals surface area contributed by atoms with Gasteiger partial charge in [0.25, 0.3) is 0 Å². The number of H-pyrrole nitrogens is 1. The summed E-state index contributed by atoms with van der Waals surface area (Å²) >= 11 is 0. The van der Waals surface area contributed by atoms with Crippen LogP contribution in [0.4, 0.5) is 5.95 Å². The molecule has 2 heterocycles. The third kappa shape index (κ3) is 7.00. The summed E-state index contributed by atoms with van der Waals surface area (Å²) in [4.78, 5) is 37.8. The molecule has 0 bridgehead atoms. The number of imidazole rings is 1. The lowest BCUT2D eigenvalue weighted by atomic mass is 10.1. The van der Waals surface area contributed by atoms with E-state index in [0.29, 0.717) is 17.2 Å². The average Bonchev–Trinajstić information content (AvgIpc) is 3.61. The summed E-state index contributed by atoms with van der Waals surface area (Å²) in [6, 6.07) is 17.3. The number of carbonyl (C=O) groups excluding carboxylic acids is 1. The van der Waals surface area contributed by atoms with Crippen LogP contribution in [0.5, 0.6) is 0 Å². The first-order chi connectivity index (χ1) is 19.8. The Morgan fingerprint density at radius 1 is 1.05 bits per heavy atom. The van der Waals surface area contributed by atoms with Crippen LogP contribution in [-0.2, 0) is 24.4 Å². The predicted octanol–water partition coefficient (Wildman–Crippen LogP) is 2.51. The van der Waals surface area contributed by atoms with Crippen molar-refractivity contribution in [2.45, 2.75) is 48.8 Å². The molecule has 3 aromatic carbocycles. The van der Waals surface area contributed by atoms with Crippen molar-refractivity contribution < 1.29 is 28.0 Å². The van der Waals surface area contributed by atoms with E-state index in [1.807, 2.05) is 24.3 Å². The minimum atomic E-state index is -4.18. The van der Waals surface area contributed by atoms with Crippen LogP contribution in [0.25, 0.3) is 21.8 Å². The van der Waals surface area contributed by atoms with Gasteiger partial charge >= 0.3 is 5.97 Å².